The van der Waals surface area contributed by atoms with Gasteiger partial charge in [-0.1, -0.05) is 42.5 Å². The predicted molar refractivity (Wildman–Crippen MR) is 87.2 cm³/mol. The maximum atomic E-state index is 12.1. The van der Waals surface area contributed by atoms with Crippen LogP contribution >= 0.6 is 22.6 Å². The van der Waals surface area contributed by atoms with Crippen molar-refractivity contribution in [3.05, 3.63) is 74.4 Å². The third-order valence-electron chi connectivity index (χ3n) is 3.05. The Labute approximate surface area is 130 Å². The molecule has 4 heteroatoms. The molecule has 0 amide bonds. The van der Waals surface area contributed by atoms with E-state index in [1.165, 1.54) is 0 Å². The van der Waals surface area contributed by atoms with Gasteiger partial charge in [0.15, 0.2) is 5.76 Å². The van der Waals surface area contributed by atoms with E-state index in [9.17, 15) is 4.79 Å². The highest BCUT2D eigenvalue weighted by molar-refractivity contribution is 14.1. The minimum absolute atomic E-state index is 0.362. The summed E-state index contributed by atoms with van der Waals surface area (Å²) in [5, 5.41) is 0. The van der Waals surface area contributed by atoms with E-state index in [1.54, 1.807) is 4.57 Å². The Morgan fingerprint density at radius 3 is 2.50 bits per heavy atom. The zero-order chi connectivity index (χ0) is 14.1. The van der Waals surface area contributed by atoms with E-state index in [1.807, 2.05) is 61.5 Å². The molecule has 0 unspecified atom stereocenters. The first-order valence-corrected chi connectivity index (χ1v) is 7.28. The highest BCUT2D eigenvalue weighted by Gasteiger charge is 2.17. The summed E-state index contributed by atoms with van der Waals surface area (Å²) in [5.41, 5.74) is 2.83. The number of aromatic nitrogens is 1. The molecule has 2 aromatic carbocycles. The van der Waals surface area contributed by atoms with Crippen LogP contribution in [0.25, 0.3) is 17.0 Å². The third-order valence-corrected chi connectivity index (χ3v) is 4.02. The van der Waals surface area contributed by atoms with E-state index in [0.29, 0.717) is 5.76 Å². The van der Waals surface area contributed by atoms with E-state index in [4.69, 9.17) is 4.42 Å². The van der Waals surface area contributed by atoms with E-state index >= 15 is 0 Å². The van der Waals surface area contributed by atoms with E-state index in [-0.39, 0.29) is 5.76 Å². The number of aryl methyl sites for hydroxylation is 1. The van der Waals surface area contributed by atoms with Crippen molar-refractivity contribution in [3.8, 4) is 17.0 Å². The molecule has 3 nitrogen and oxygen atoms in total. The molecule has 0 aliphatic heterocycles. The Balaban J connectivity index is 2.20. The second kappa shape index (κ2) is 5.28. The van der Waals surface area contributed by atoms with Gasteiger partial charge in [-0.2, -0.15) is 0 Å². The normalized spacial score (nSPS) is 10.7. The van der Waals surface area contributed by atoms with E-state index < -0.39 is 0 Å². The first-order valence-electron chi connectivity index (χ1n) is 6.20. The lowest BCUT2D eigenvalue weighted by molar-refractivity contribution is 0.516. The van der Waals surface area contributed by atoms with Crippen LogP contribution in [0, 0.1) is 10.6 Å². The maximum Gasteiger partial charge on any atom is 0.425 e. The number of nitrogens with zero attached hydrogens (tertiary/aromatic N) is 1. The zero-order valence-corrected chi connectivity index (χ0v) is 13.0. The van der Waals surface area contributed by atoms with Crippen molar-refractivity contribution < 1.29 is 4.42 Å². The Hall–Kier alpha value is -1.82. The molecule has 0 radical (unpaired) electrons. The van der Waals surface area contributed by atoms with Crippen LogP contribution in [-0.2, 0) is 0 Å². The molecule has 3 rings (SSSR count). The number of benzene rings is 2. The van der Waals surface area contributed by atoms with Gasteiger partial charge in [0, 0.05) is 5.56 Å². The molecule has 3 aromatic rings. The molecule has 0 N–H and O–H groups in total. The van der Waals surface area contributed by atoms with Crippen LogP contribution in [0.2, 0.25) is 0 Å². The molecule has 1 aromatic heterocycles. The van der Waals surface area contributed by atoms with Gasteiger partial charge in [0.2, 0.25) is 0 Å². The Morgan fingerprint density at radius 1 is 1.05 bits per heavy atom. The molecular weight excluding hydrogens is 365 g/mol. The lowest BCUT2D eigenvalue weighted by Crippen LogP contribution is -2.13. The van der Waals surface area contributed by atoms with Crippen molar-refractivity contribution in [3.63, 3.8) is 0 Å². The molecule has 0 saturated heterocycles. The van der Waals surface area contributed by atoms with Crippen molar-refractivity contribution in [2.24, 2.45) is 0 Å². The topological polar surface area (TPSA) is 35.1 Å². The SMILES string of the molecule is Cc1cccc(-n2c(I)c(-c3ccccc3)oc2=O)c1. The molecule has 1 heterocycles. The van der Waals surface area contributed by atoms with Crippen LogP contribution in [0.3, 0.4) is 0 Å². The van der Waals surface area contributed by atoms with Gasteiger partial charge in [-0.3, -0.25) is 0 Å². The van der Waals surface area contributed by atoms with Crippen molar-refractivity contribution in [1.29, 1.82) is 0 Å². The minimum atomic E-state index is -0.362. The Kier molecular flexibility index (Phi) is 3.48. The molecule has 0 aliphatic carbocycles. The van der Waals surface area contributed by atoms with E-state index in [2.05, 4.69) is 22.6 Å². The average molecular weight is 377 g/mol. The number of hydrogen-bond donors (Lipinski definition) is 0. The van der Waals surface area contributed by atoms with Crippen molar-refractivity contribution >= 4 is 22.6 Å². The number of rotatable bonds is 2. The van der Waals surface area contributed by atoms with Gasteiger partial charge in [-0.15, -0.1) is 0 Å². The number of oxazole rings is 1. The van der Waals surface area contributed by atoms with Gasteiger partial charge < -0.3 is 4.42 Å². The van der Waals surface area contributed by atoms with E-state index in [0.717, 1.165) is 20.5 Å². The maximum absolute atomic E-state index is 12.1. The molecule has 0 atom stereocenters. The number of hydrogen-bond acceptors (Lipinski definition) is 2. The van der Waals surface area contributed by atoms with Crippen LogP contribution in [-0.4, -0.2) is 4.57 Å². The van der Waals surface area contributed by atoms with Crippen LogP contribution in [0.4, 0.5) is 0 Å². The minimum Gasteiger partial charge on any atom is -0.406 e. The fraction of sp³-hybridized carbons (Fsp3) is 0.0625. The van der Waals surface area contributed by atoms with Crippen LogP contribution < -0.4 is 5.76 Å². The molecule has 20 heavy (non-hydrogen) atoms. The van der Waals surface area contributed by atoms with Crippen LogP contribution in [0.5, 0.6) is 0 Å². The molecule has 0 saturated carbocycles. The van der Waals surface area contributed by atoms with Crippen LogP contribution in [0.15, 0.2) is 63.8 Å². The summed E-state index contributed by atoms with van der Waals surface area (Å²) >= 11 is 2.15. The van der Waals surface area contributed by atoms with Crippen molar-refractivity contribution in [2.45, 2.75) is 6.92 Å². The molecule has 0 fully saturated rings. The fourth-order valence-corrected chi connectivity index (χ4v) is 3.01. The van der Waals surface area contributed by atoms with Gasteiger partial charge in [-0.25, -0.2) is 9.36 Å². The van der Waals surface area contributed by atoms with Gasteiger partial charge in [0.25, 0.3) is 0 Å². The molecular formula is C16H12INO2. The second-order valence-corrected chi connectivity index (χ2v) is 5.55. The summed E-state index contributed by atoms with van der Waals surface area (Å²) in [5.74, 6) is 0.247. The Bertz CT molecular complexity index is 803. The van der Waals surface area contributed by atoms with Crippen molar-refractivity contribution in [2.75, 3.05) is 0 Å². The Morgan fingerprint density at radius 2 is 1.80 bits per heavy atom. The second-order valence-electron chi connectivity index (χ2n) is 4.53. The van der Waals surface area contributed by atoms with Gasteiger partial charge >= 0.3 is 5.76 Å². The molecule has 0 spiro atoms. The summed E-state index contributed by atoms with van der Waals surface area (Å²) in [6, 6.07) is 17.5. The third kappa shape index (κ3) is 2.31. The molecule has 100 valence electrons. The monoisotopic (exact) mass is 377 g/mol. The first-order chi connectivity index (χ1) is 9.66. The summed E-state index contributed by atoms with van der Waals surface area (Å²) in [6.45, 7) is 2.00. The smallest absolute Gasteiger partial charge is 0.406 e. The fourth-order valence-electron chi connectivity index (χ4n) is 2.11. The van der Waals surface area contributed by atoms with Gasteiger partial charge in [-0.05, 0) is 47.2 Å². The highest BCUT2D eigenvalue weighted by Crippen LogP contribution is 2.26. The number of halogens is 1. The van der Waals surface area contributed by atoms with Crippen LogP contribution in [0.1, 0.15) is 5.56 Å². The average Bonchev–Trinajstić information content (AvgIpc) is 2.75. The van der Waals surface area contributed by atoms with Gasteiger partial charge in [0.1, 0.15) is 3.70 Å². The largest absolute Gasteiger partial charge is 0.425 e. The van der Waals surface area contributed by atoms with Crippen molar-refractivity contribution in [1.82, 2.24) is 4.57 Å². The zero-order valence-electron chi connectivity index (χ0n) is 10.8. The highest BCUT2D eigenvalue weighted by atomic mass is 127. The molecule has 0 aliphatic rings. The summed E-state index contributed by atoms with van der Waals surface area (Å²) < 4.78 is 7.80. The first kappa shape index (κ1) is 13.2. The summed E-state index contributed by atoms with van der Waals surface area (Å²) in [7, 11) is 0. The lowest BCUT2D eigenvalue weighted by atomic mass is 10.2. The summed E-state index contributed by atoms with van der Waals surface area (Å²) in [4.78, 5) is 12.1. The molecule has 0 bridgehead atoms. The summed E-state index contributed by atoms with van der Waals surface area (Å²) in [6.07, 6.45) is 0. The predicted octanol–water partition coefficient (Wildman–Crippen LogP) is 4.01. The lowest BCUT2D eigenvalue weighted by Gasteiger charge is -2.03. The standard InChI is InChI=1S/C16H12INO2/c1-11-6-5-9-13(10-11)18-15(17)14(20-16(18)19)12-7-3-2-4-8-12/h2-10H,1H3. The van der Waals surface area contributed by atoms with Gasteiger partial charge in [0.05, 0.1) is 5.69 Å². The quantitative estimate of drug-likeness (QED) is 0.633.